The van der Waals surface area contributed by atoms with Gasteiger partial charge in [-0.05, 0) is 37.3 Å². The van der Waals surface area contributed by atoms with Crippen LogP contribution in [0, 0.1) is 0 Å². The summed E-state index contributed by atoms with van der Waals surface area (Å²) in [5.41, 5.74) is 1.41. The van der Waals surface area contributed by atoms with Gasteiger partial charge in [-0.2, -0.15) is 0 Å². The number of hydrogen-bond acceptors (Lipinski definition) is 3. The van der Waals surface area contributed by atoms with Crippen LogP contribution in [0.4, 0.5) is 0 Å². The largest absolute Gasteiger partial charge is 0.325 e. The Balaban J connectivity index is 2.60. The number of aromatic nitrogens is 1. The van der Waals surface area contributed by atoms with E-state index in [2.05, 4.69) is 4.98 Å². The highest BCUT2D eigenvalue weighted by atomic mass is 32.2. The zero-order chi connectivity index (χ0) is 11.8. The topological polar surface area (TPSA) is 67.0 Å². The molecule has 1 N–H and O–H groups in total. The summed E-state index contributed by atoms with van der Waals surface area (Å²) >= 11 is 0. The van der Waals surface area contributed by atoms with Crippen LogP contribution in [0.25, 0.3) is 0 Å². The minimum Gasteiger partial charge on any atom is -0.325 e. The minimum atomic E-state index is -3.42. The van der Waals surface area contributed by atoms with Gasteiger partial charge in [0.05, 0.1) is 0 Å². The number of nitrogens with one attached hydrogen (secondary N) is 1. The molecule has 88 valence electrons. The molecule has 0 fully saturated rings. The summed E-state index contributed by atoms with van der Waals surface area (Å²) in [6, 6.07) is 1.55. The summed E-state index contributed by atoms with van der Waals surface area (Å²) < 4.78 is 22.8. The van der Waals surface area contributed by atoms with E-state index in [0.717, 1.165) is 49.6 Å². The lowest BCUT2D eigenvalue weighted by Crippen LogP contribution is -2.19. The highest BCUT2D eigenvalue weighted by Gasteiger charge is 2.17. The summed E-state index contributed by atoms with van der Waals surface area (Å²) in [6.45, 7) is 0. The van der Waals surface area contributed by atoms with Crippen molar-refractivity contribution in [2.24, 2.45) is 0 Å². The molecule has 0 aliphatic heterocycles. The fourth-order valence-electron chi connectivity index (χ4n) is 2.11. The van der Waals surface area contributed by atoms with Crippen LogP contribution in [0.15, 0.2) is 15.8 Å². The quantitative estimate of drug-likeness (QED) is 0.747. The third kappa shape index (κ3) is 2.19. The van der Waals surface area contributed by atoms with Crippen LogP contribution in [0.2, 0.25) is 0 Å². The molecule has 1 aliphatic rings. The minimum absolute atomic E-state index is 0.104. The van der Waals surface area contributed by atoms with E-state index in [1.165, 1.54) is 0 Å². The average Bonchev–Trinajstić information content (AvgIpc) is 2.39. The summed E-state index contributed by atoms with van der Waals surface area (Å²) in [6.07, 6.45) is 6.01. The van der Waals surface area contributed by atoms with Crippen LogP contribution >= 0.6 is 0 Å². The van der Waals surface area contributed by atoms with Crippen LogP contribution in [0.5, 0.6) is 0 Å². The predicted octanol–water partition coefficient (Wildman–Crippen LogP) is 1.05. The summed E-state index contributed by atoms with van der Waals surface area (Å²) in [7, 11) is -3.42. The standard InChI is InChI=1S/C11H15NO3S/c1-16(14,15)10-7-8-5-3-2-4-6-9(8)12-11(10)13/h7H,2-6H2,1H3,(H,12,13). The van der Waals surface area contributed by atoms with Gasteiger partial charge in [-0.25, -0.2) is 8.42 Å². The first-order chi connectivity index (χ1) is 7.48. The van der Waals surface area contributed by atoms with Gasteiger partial charge in [0.1, 0.15) is 4.90 Å². The number of pyridine rings is 1. The Morgan fingerprint density at radius 3 is 2.56 bits per heavy atom. The first kappa shape index (κ1) is 11.4. The Bertz CT molecular complexity index is 557. The van der Waals surface area contributed by atoms with Gasteiger partial charge in [0.25, 0.3) is 5.56 Å². The van der Waals surface area contributed by atoms with Crippen molar-refractivity contribution in [1.29, 1.82) is 0 Å². The molecule has 1 heterocycles. The van der Waals surface area contributed by atoms with Gasteiger partial charge in [-0.3, -0.25) is 4.79 Å². The van der Waals surface area contributed by atoms with Gasteiger partial charge in [-0.1, -0.05) is 6.42 Å². The van der Waals surface area contributed by atoms with Crippen LogP contribution < -0.4 is 5.56 Å². The normalized spacial score (nSPS) is 16.6. The van der Waals surface area contributed by atoms with E-state index in [4.69, 9.17) is 0 Å². The number of H-pyrrole nitrogens is 1. The van der Waals surface area contributed by atoms with Crippen molar-refractivity contribution in [3.05, 3.63) is 27.7 Å². The van der Waals surface area contributed by atoms with Crippen LogP contribution in [-0.2, 0) is 22.7 Å². The second-order valence-corrected chi connectivity index (χ2v) is 6.28. The zero-order valence-corrected chi connectivity index (χ0v) is 10.1. The molecule has 0 amide bonds. The Hall–Kier alpha value is -1.10. The van der Waals surface area contributed by atoms with E-state index < -0.39 is 15.4 Å². The zero-order valence-electron chi connectivity index (χ0n) is 9.25. The summed E-state index contributed by atoms with van der Waals surface area (Å²) in [5.74, 6) is 0. The molecule has 0 aromatic carbocycles. The van der Waals surface area contributed by atoms with E-state index in [-0.39, 0.29) is 4.90 Å². The molecule has 1 aliphatic carbocycles. The van der Waals surface area contributed by atoms with E-state index in [9.17, 15) is 13.2 Å². The number of rotatable bonds is 1. The Morgan fingerprint density at radius 2 is 1.88 bits per heavy atom. The number of fused-ring (bicyclic) bond motifs is 1. The molecule has 0 spiro atoms. The fourth-order valence-corrected chi connectivity index (χ4v) is 2.85. The Labute approximate surface area is 94.6 Å². The molecule has 1 aromatic rings. The second-order valence-electron chi connectivity index (χ2n) is 4.30. The average molecular weight is 241 g/mol. The lowest BCUT2D eigenvalue weighted by molar-refractivity contribution is 0.600. The van der Waals surface area contributed by atoms with Gasteiger partial charge >= 0.3 is 0 Å². The van der Waals surface area contributed by atoms with Gasteiger partial charge in [0.2, 0.25) is 0 Å². The van der Waals surface area contributed by atoms with Gasteiger partial charge in [-0.15, -0.1) is 0 Å². The first-order valence-electron chi connectivity index (χ1n) is 5.43. The van der Waals surface area contributed by atoms with Crippen molar-refractivity contribution in [3.63, 3.8) is 0 Å². The molecule has 0 saturated heterocycles. The third-order valence-corrected chi connectivity index (χ3v) is 4.06. The lowest BCUT2D eigenvalue weighted by atomic mass is 10.1. The van der Waals surface area contributed by atoms with Crippen molar-refractivity contribution in [2.75, 3.05) is 6.26 Å². The molecule has 0 saturated carbocycles. The highest BCUT2D eigenvalue weighted by molar-refractivity contribution is 7.90. The van der Waals surface area contributed by atoms with Crippen molar-refractivity contribution < 1.29 is 8.42 Å². The van der Waals surface area contributed by atoms with Crippen molar-refractivity contribution >= 4 is 9.84 Å². The Kier molecular flexibility index (Phi) is 2.88. The second kappa shape index (κ2) is 4.05. The maximum absolute atomic E-state index is 11.6. The first-order valence-corrected chi connectivity index (χ1v) is 7.33. The number of sulfone groups is 1. The third-order valence-electron chi connectivity index (χ3n) is 2.95. The van der Waals surface area contributed by atoms with Gasteiger partial charge in [0, 0.05) is 11.9 Å². The van der Waals surface area contributed by atoms with Gasteiger partial charge in [0.15, 0.2) is 9.84 Å². The summed E-state index contributed by atoms with van der Waals surface area (Å²) in [5, 5.41) is 0. The monoisotopic (exact) mass is 241 g/mol. The molecule has 1 aromatic heterocycles. The van der Waals surface area contributed by atoms with Crippen LogP contribution in [-0.4, -0.2) is 19.7 Å². The van der Waals surface area contributed by atoms with E-state index in [1.807, 2.05) is 0 Å². The van der Waals surface area contributed by atoms with E-state index in [1.54, 1.807) is 6.07 Å². The lowest BCUT2D eigenvalue weighted by Gasteiger charge is -2.06. The smallest absolute Gasteiger partial charge is 0.266 e. The number of aromatic amines is 1. The van der Waals surface area contributed by atoms with Crippen LogP contribution in [0.3, 0.4) is 0 Å². The van der Waals surface area contributed by atoms with E-state index >= 15 is 0 Å². The Morgan fingerprint density at radius 1 is 1.19 bits per heavy atom. The van der Waals surface area contributed by atoms with E-state index in [0.29, 0.717) is 0 Å². The van der Waals surface area contributed by atoms with Crippen LogP contribution in [0.1, 0.15) is 30.5 Å². The molecule has 0 atom stereocenters. The maximum atomic E-state index is 11.6. The highest BCUT2D eigenvalue weighted by Crippen LogP contribution is 2.19. The number of hydrogen-bond donors (Lipinski definition) is 1. The fraction of sp³-hybridized carbons (Fsp3) is 0.545. The molecule has 16 heavy (non-hydrogen) atoms. The van der Waals surface area contributed by atoms with Gasteiger partial charge < -0.3 is 4.98 Å². The molecule has 0 unspecified atom stereocenters. The summed E-state index contributed by atoms with van der Waals surface area (Å²) in [4.78, 5) is 14.2. The van der Waals surface area contributed by atoms with Crippen molar-refractivity contribution in [1.82, 2.24) is 4.98 Å². The molecular formula is C11H15NO3S. The molecule has 2 rings (SSSR count). The molecule has 5 heteroatoms. The molecule has 0 radical (unpaired) electrons. The van der Waals surface area contributed by atoms with Crippen molar-refractivity contribution in [3.8, 4) is 0 Å². The number of aryl methyl sites for hydroxylation is 2. The molecule has 0 bridgehead atoms. The molecule has 4 nitrogen and oxygen atoms in total. The SMILES string of the molecule is CS(=O)(=O)c1cc2c([nH]c1=O)CCCCC2. The predicted molar refractivity (Wildman–Crippen MR) is 61.4 cm³/mol. The maximum Gasteiger partial charge on any atom is 0.266 e. The van der Waals surface area contributed by atoms with Crippen molar-refractivity contribution in [2.45, 2.75) is 37.0 Å². The molecular weight excluding hydrogens is 226 g/mol.